The molecule has 0 aliphatic heterocycles. The number of thiazole rings is 1. The Morgan fingerprint density at radius 2 is 2.50 bits per heavy atom. The maximum Gasteiger partial charge on any atom is 0.178 e. The van der Waals surface area contributed by atoms with Gasteiger partial charge in [0, 0.05) is 6.20 Å². The summed E-state index contributed by atoms with van der Waals surface area (Å²) in [5.41, 5.74) is 0. The molecule has 60 valence electrons. The van der Waals surface area contributed by atoms with E-state index >= 15 is 0 Å². The van der Waals surface area contributed by atoms with E-state index in [0.29, 0.717) is 5.01 Å². The molecule has 0 bridgehead atoms. The first kappa shape index (κ1) is 7.24. The molecule has 2 aromatic rings. The van der Waals surface area contributed by atoms with E-state index in [1.54, 1.807) is 18.5 Å². The first-order valence-electron chi connectivity index (χ1n) is 3.35. The van der Waals surface area contributed by atoms with Crippen molar-refractivity contribution in [1.82, 2.24) is 4.98 Å². The van der Waals surface area contributed by atoms with E-state index in [1.165, 1.54) is 11.3 Å². The van der Waals surface area contributed by atoms with Gasteiger partial charge in [-0.15, -0.1) is 11.3 Å². The maximum absolute atomic E-state index is 10.3. The van der Waals surface area contributed by atoms with Crippen molar-refractivity contribution >= 4 is 17.6 Å². The second-order valence-corrected chi connectivity index (χ2v) is 3.22. The number of aromatic nitrogens is 1. The predicted molar refractivity (Wildman–Crippen MR) is 45.2 cm³/mol. The summed E-state index contributed by atoms with van der Waals surface area (Å²) in [6, 6.07) is 3.64. The van der Waals surface area contributed by atoms with E-state index in [1.807, 2.05) is 6.07 Å². The zero-order valence-electron chi connectivity index (χ0n) is 6.06. The van der Waals surface area contributed by atoms with Crippen molar-refractivity contribution in [2.24, 2.45) is 0 Å². The van der Waals surface area contributed by atoms with Crippen LogP contribution in [0.15, 0.2) is 29.0 Å². The third-order valence-corrected chi connectivity index (χ3v) is 2.33. The number of carbonyl (C=O) groups is 1. The summed E-state index contributed by atoms with van der Waals surface area (Å²) in [4.78, 5) is 15.1. The molecular weight excluding hydrogens is 174 g/mol. The summed E-state index contributed by atoms with van der Waals surface area (Å²) in [6.45, 7) is 0. The highest BCUT2D eigenvalue weighted by Gasteiger charge is 2.04. The van der Waals surface area contributed by atoms with Crippen molar-refractivity contribution in [2.75, 3.05) is 0 Å². The molecule has 0 aromatic carbocycles. The third kappa shape index (κ3) is 1.16. The van der Waals surface area contributed by atoms with Crippen LogP contribution in [0.25, 0.3) is 10.6 Å². The molecule has 2 heterocycles. The number of furan rings is 1. The highest BCUT2D eigenvalue weighted by Crippen LogP contribution is 2.25. The Bertz CT molecular complexity index is 377. The lowest BCUT2D eigenvalue weighted by atomic mass is 10.4. The first-order chi connectivity index (χ1) is 5.90. The van der Waals surface area contributed by atoms with Gasteiger partial charge in [0.2, 0.25) is 0 Å². The molecule has 0 spiro atoms. The predicted octanol–water partition coefficient (Wildman–Crippen LogP) is 2.22. The number of nitrogens with zero attached hydrogens (tertiary/aromatic N) is 1. The van der Waals surface area contributed by atoms with Crippen molar-refractivity contribution in [1.29, 1.82) is 0 Å². The Balaban J connectivity index is 2.41. The molecule has 12 heavy (non-hydrogen) atoms. The van der Waals surface area contributed by atoms with Crippen molar-refractivity contribution < 1.29 is 9.21 Å². The summed E-state index contributed by atoms with van der Waals surface area (Å²) in [5, 5.41) is 0.474. The second kappa shape index (κ2) is 2.91. The molecule has 0 fully saturated rings. The molecule has 0 unspecified atom stereocenters. The fourth-order valence-electron chi connectivity index (χ4n) is 0.875. The molecule has 0 saturated carbocycles. The summed E-state index contributed by atoms with van der Waals surface area (Å²) >= 11 is 1.32. The SMILES string of the molecule is O=Cc1ncc(-c2ccco2)s1. The van der Waals surface area contributed by atoms with Crippen LogP contribution < -0.4 is 0 Å². The van der Waals surface area contributed by atoms with Crippen LogP contribution in [0.1, 0.15) is 9.80 Å². The van der Waals surface area contributed by atoms with Crippen LogP contribution in [0, 0.1) is 0 Å². The van der Waals surface area contributed by atoms with Gasteiger partial charge < -0.3 is 4.42 Å². The van der Waals surface area contributed by atoms with Crippen LogP contribution in [0.5, 0.6) is 0 Å². The molecular formula is C8H5NO2S. The van der Waals surface area contributed by atoms with E-state index in [9.17, 15) is 4.79 Å². The van der Waals surface area contributed by atoms with Gasteiger partial charge in [0.15, 0.2) is 11.3 Å². The van der Waals surface area contributed by atoms with Gasteiger partial charge in [-0.1, -0.05) is 0 Å². The number of hydrogen-bond donors (Lipinski definition) is 0. The van der Waals surface area contributed by atoms with Gasteiger partial charge in [-0.25, -0.2) is 4.98 Å². The molecule has 3 nitrogen and oxygen atoms in total. The van der Waals surface area contributed by atoms with Crippen LogP contribution in [-0.4, -0.2) is 11.3 Å². The monoisotopic (exact) mass is 179 g/mol. The largest absolute Gasteiger partial charge is 0.463 e. The van der Waals surface area contributed by atoms with E-state index < -0.39 is 0 Å². The fourth-order valence-corrected chi connectivity index (χ4v) is 1.58. The quantitative estimate of drug-likeness (QED) is 0.664. The second-order valence-electron chi connectivity index (χ2n) is 2.16. The lowest BCUT2D eigenvalue weighted by molar-refractivity contribution is 0.112. The maximum atomic E-state index is 10.3. The van der Waals surface area contributed by atoms with Gasteiger partial charge >= 0.3 is 0 Å². The summed E-state index contributed by atoms with van der Waals surface area (Å²) in [6.07, 6.45) is 3.96. The lowest BCUT2D eigenvalue weighted by Gasteiger charge is -1.84. The molecule has 0 aliphatic rings. The Kier molecular flexibility index (Phi) is 1.75. The molecule has 0 aliphatic carbocycles. The number of hydrogen-bond acceptors (Lipinski definition) is 4. The third-order valence-electron chi connectivity index (χ3n) is 1.39. The minimum absolute atomic E-state index is 0.474. The minimum Gasteiger partial charge on any atom is -0.463 e. The topological polar surface area (TPSA) is 43.1 Å². The van der Waals surface area contributed by atoms with Gasteiger partial charge in [0.25, 0.3) is 0 Å². The fraction of sp³-hybridized carbons (Fsp3) is 0. The number of rotatable bonds is 2. The van der Waals surface area contributed by atoms with Gasteiger partial charge in [-0.3, -0.25) is 4.79 Å². The summed E-state index contributed by atoms with van der Waals surface area (Å²) in [5.74, 6) is 0.751. The first-order valence-corrected chi connectivity index (χ1v) is 4.16. The molecule has 4 heteroatoms. The van der Waals surface area contributed by atoms with Crippen molar-refractivity contribution in [3.8, 4) is 10.6 Å². The normalized spacial score (nSPS) is 10.0. The van der Waals surface area contributed by atoms with Gasteiger partial charge in [0.05, 0.1) is 11.1 Å². The molecule has 0 N–H and O–H groups in total. The average molecular weight is 179 g/mol. The van der Waals surface area contributed by atoms with Gasteiger partial charge in [0.1, 0.15) is 5.76 Å². The Hall–Kier alpha value is -1.42. The highest BCUT2D eigenvalue weighted by atomic mass is 32.1. The van der Waals surface area contributed by atoms with Gasteiger partial charge in [-0.05, 0) is 12.1 Å². The molecule has 2 rings (SSSR count). The summed E-state index contributed by atoms with van der Waals surface area (Å²) < 4.78 is 5.13. The van der Waals surface area contributed by atoms with Crippen LogP contribution >= 0.6 is 11.3 Å². The van der Waals surface area contributed by atoms with Crippen molar-refractivity contribution in [2.45, 2.75) is 0 Å². The highest BCUT2D eigenvalue weighted by molar-refractivity contribution is 7.16. The Morgan fingerprint density at radius 3 is 3.08 bits per heavy atom. The zero-order valence-corrected chi connectivity index (χ0v) is 6.88. The van der Waals surface area contributed by atoms with E-state index in [4.69, 9.17) is 4.42 Å². The van der Waals surface area contributed by atoms with Crippen molar-refractivity contribution in [3.63, 3.8) is 0 Å². The summed E-state index contributed by atoms with van der Waals surface area (Å²) in [7, 11) is 0. The standard InChI is InChI=1S/C8H5NO2S/c10-5-8-9-4-7(12-8)6-2-1-3-11-6/h1-5H. The molecule has 0 saturated heterocycles. The van der Waals surface area contributed by atoms with E-state index in [0.717, 1.165) is 16.9 Å². The van der Waals surface area contributed by atoms with E-state index in [-0.39, 0.29) is 0 Å². The molecule has 0 atom stereocenters. The minimum atomic E-state index is 0.474. The molecule has 2 aromatic heterocycles. The smallest absolute Gasteiger partial charge is 0.178 e. The zero-order chi connectivity index (χ0) is 8.39. The van der Waals surface area contributed by atoms with Crippen molar-refractivity contribution in [3.05, 3.63) is 29.6 Å². The molecule has 0 amide bonds. The lowest BCUT2D eigenvalue weighted by Crippen LogP contribution is -1.69. The van der Waals surface area contributed by atoms with Crippen LogP contribution in [0.2, 0.25) is 0 Å². The number of aldehydes is 1. The number of carbonyl (C=O) groups excluding carboxylic acids is 1. The van der Waals surface area contributed by atoms with E-state index in [2.05, 4.69) is 4.98 Å². The Morgan fingerprint density at radius 1 is 1.58 bits per heavy atom. The van der Waals surface area contributed by atoms with Gasteiger partial charge in [-0.2, -0.15) is 0 Å². The molecule has 0 radical (unpaired) electrons. The average Bonchev–Trinajstić information content (AvgIpc) is 2.75. The van der Waals surface area contributed by atoms with Crippen LogP contribution in [0.4, 0.5) is 0 Å². The van der Waals surface area contributed by atoms with Crippen LogP contribution in [0.3, 0.4) is 0 Å². The Labute approximate surface area is 72.7 Å². The van der Waals surface area contributed by atoms with Crippen LogP contribution in [-0.2, 0) is 0 Å².